The summed E-state index contributed by atoms with van der Waals surface area (Å²) in [6.45, 7) is 3.73. The first-order chi connectivity index (χ1) is 8.34. The first-order valence-corrected chi connectivity index (χ1v) is 6.44. The topological polar surface area (TPSA) is 56.8 Å². The van der Waals surface area contributed by atoms with Gasteiger partial charge in [-0.3, -0.25) is 4.79 Å². The van der Waals surface area contributed by atoms with E-state index in [4.69, 9.17) is 14.2 Å². The summed E-state index contributed by atoms with van der Waals surface area (Å²) < 4.78 is 16.0. The number of nitrogens with one attached hydrogen (secondary N) is 1. The van der Waals surface area contributed by atoms with Crippen LogP contribution in [0.5, 0.6) is 0 Å². The summed E-state index contributed by atoms with van der Waals surface area (Å²) in [4.78, 5) is 11.5. The molecule has 98 valence electrons. The molecule has 17 heavy (non-hydrogen) atoms. The zero-order valence-electron chi connectivity index (χ0n) is 10.2. The Morgan fingerprint density at radius 3 is 2.76 bits per heavy atom. The van der Waals surface area contributed by atoms with Crippen LogP contribution in [-0.2, 0) is 19.0 Å². The largest absolute Gasteiger partial charge is 0.460 e. The van der Waals surface area contributed by atoms with E-state index in [1.807, 2.05) is 0 Å². The van der Waals surface area contributed by atoms with Gasteiger partial charge >= 0.3 is 5.97 Å². The third-order valence-corrected chi connectivity index (χ3v) is 3.13. The van der Waals surface area contributed by atoms with E-state index in [1.165, 1.54) is 0 Å². The Bertz CT molecular complexity index is 235. The molecule has 0 radical (unpaired) electrons. The molecule has 0 spiro atoms. The standard InChI is InChI=1S/C12H21NO4/c14-12(17-11-3-7-15-9-11)4-8-16-10-1-5-13-6-2-10/h10-11,13H,1-9H2. The van der Waals surface area contributed by atoms with Gasteiger partial charge in [-0.2, -0.15) is 0 Å². The van der Waals surface area contributed by atoms with Crippen molar-refractivity contribution in [3.63, 3.8) is 0 Å². The molecule has 1 N–H and O–H groups in total. The first kappa shape index (κ1) is 12.8. The molecule has 2 fully saturated rings. The van der Waals surface area contributed by atoms with Crippen molar-refractivity contribution in [1.29, 1.82) is 0 Å². The Labute approximate surface area is 102 Å². The molecule has 1 atom stereocenters. The highest BCUT2D eigenvalue weighted by molar-refractivity contribution is 5.69. The van der Waals surface area contributed by atoms with Gasteiger partial charge in [-0.15, -0.1) is 0 Å². The molecular weight excluding hydrogens is 222 g/mol. The van der Waals surface area contributed by atoms with Crippen LogP contribution in [0.3, 0.4) is 0 Å². The van der Waals surface area contributed by atoms with Gasteiger partial charge in [-0.25, -0.2) is 0 Å². The Hall–Kier alpha value is -0.650. The fourth-order valence-corrected chi connectivity index (χ4v) is 2.12. The molecule has 2 aliphatic heterocycles. The Kier molecular flexibility index (Phi) is 5.22. The molecule has 2 aliphatic rings. The molecule has 0 amide bonds. The second-order valence-electron chi connectivity index (χ2n) is 4.55. The van der Waals surface area contributed by atoms with E-state index < -0.39 is 0 Å². The Morgan fingerprint density at radius 1 is 1.24 bits per heavy atom. The lowest BCUT2D eigenvalue weighted by molar-refractivity contribution is -0.150. The van der Waals surface area contributed by atoms with Gasteiger partial charge in [0.2, 0.25) is 0 Å². The van der Waals surface area contributed by atoms with Gasteiger partial charge in [0, 0.05) is 6.42 Å². The summed E-state index contributed by atoms with van der Waals surface area (Å²) in [6.07, 6.45) is 3.50. The van der Waals surface area contributed by atoms with E-state index in [0.29, 0.717) is 32.3 Å². The van der Waals surface area contributed by atoms with E-state index in [0.717, 1.165) is 32.4 Å². The van der Waals surface area contributed by atoms with Crippen molar-refractivity contribution in [2.45, 2.75) is 37.9 Å². The second-order valence-corrected chi connectivity index (χ2v) is 4.55. The molecule has 2 rings (SSSR count). The van der Waals surface area contributed by atoms with Crippen LogP contribution >= 0.6 is 0 Å². The van der Waals surface area contributed by atoms with Crippen molar-refractivity contribution in [2.24, 2.45) is 0 Å². The van der Waals surface area contributed by atoms with Gasteiger partial charge in [0.25, 0.3) is 0 Å². The smallest absolute Gasteiger partial charge is 0.308 e. The maximum absolute atomic E-state index is 11.5. The third kappa shape index (κ3) is 4.61. The second kappa shape index (κ2) is 6.93. The summed E-state index contributed by atoms with van der Waals surface area (Å²) in [5.41, 5.74) is 0. The van der Waals surface area contributed by atoms with E-state index in [2.05, 4.69) is 5.32 Å². The number of rotatable bonds is 5. The number of hydrogen-bond acceptors (Lipinski definition) is 5. The maximum Gasteiger partial charge on any atom is 0.308 e. The molecule has 2 heterocycles. The number of esters is 1. The average Bonchev–Trinajstić information content (AvgIpc) is 2.83. The van der Waals surface area contributed by atoms with E-state index in [1.54, 1.807) is 0 Å². The number of carbonyl (C=O) groups excluding carboxylic acids is 1. The Balaban J connectivity index is 1.53. The molecule has 0 aliphatic carbocycles. The third-order valence-electron chi connectivity index (χ3n) is 3.13. The van der Waals surface area contributed by atoms with Crippen LogP contribution in [0.25, 0.3) is 0 Å². The number of carbonyl (C=O) groups is 1. The lowest BCUT2D eigenvalue weighted by Gasteiger charge is -2.22. The van der Waals surface area contributed by atoms with Crippen LogP contribution in [0.4, 0.5) is 0 Å². The van der Waals surface area contributed by atoms with Crippen LogP contribution in [0.15, 0.2) is 0 Å². The van der Waals surface area contributed by atoms with Gasteiger partial charge < -0.3 is 19.5 Å². The predicted molar refractivity (Wildman–Crippen MR) is 61.8 cm³/mol. The minimum Gasteiger partial charge on any atom is -0.460 e. The molecule has 0 aromatic rings. The van der Waals surface area contributed by atoms with E-state index >= 15 is 0 Å². The van der Waals surface area contributed by atoms with Crippen molar-refractivity contribution in [3.05, 3.63) is 0 Å². The van der Waals surface area contributed by atoms with E-state index in [-0.39, 0.29) is 12.1 Å². The van der Waals surface area contributed by atoms with Crippen molar-refractivity contribution < 1.29 is 19.0 Å². The lowest BCUT2D eigenvalue weighted by atomic mass is 10.1. The minimum atomic E-state index is -0.172. The van der Waals surface area contributed by atoms with Gasteiger partial charge in [0.1, 0.15) is 6.10 Å². The highest BCUT2D eigenvalue weighted by atomic mass is 16.6. The molecule has 2 saturated heterocycles. The van der Waals surface area contributed by atoms with Gasteiger partial charge in [0.15, 0.2) is 0 Å². The summed E-state index contributed by atoms with van der Waals surface area (Å²) in [6, 6.07) is 0. The van der Waals surface area contributed by atoms with Crippen LogP contribution in [0.1, 0.15) is 25.7 Å². The van der Waals surface area contributed by atoms with Gasteiger partial charge in [-0.05, 0) is 25.9 Å². The summed E-state index contributed by atoms with van der Waals surface area (Å²) in [5.74, 6) is -0.172. The quantitative estimate of drug-likeness (QED) is 0.712. The summed E-state index contributed by atoms with van der Waals surface area (Å²) in [7, 11) is 0. The summed E-state index contributed by atoms with van der Waals surface area (Å²) >= 11 is 0. The van der Waals surface area contributed by atoms with E-state index in [9.17, 15) is 4.79 Å². The van der Waals surface area contributed by atoms with Gasteiger partial charge in [-0.1, -0.05) is 0 Å². The maximum atomic E-state index is 11.5. The number of hydrogen-bond donors (Lipinski definition) is 1. The lowest BCUT2D eigenvalue weighted by Crippen LogP contribution is -2.33. The fourth-order valence-electron chi connectivity index (χ4n) is 2.12. The minimum absolute atomic E-state index is 0.0404. The molecule has 0 saturated carbocycles. The zero-order valence-corrected chi connectivity index (χ0v) is 10.2. The fraction of sp³-hybridized carbons (Fsp3) is 0.917. The molecule has 0 bridgehead atoms. The van der Waals surface area contributed by atoms with Crippen LogP contribution < -0.4 is 5.32 Å². The van der Waals surface area contributed by atoms with Crippen LogP contribution in [0.2, 0.25) is 0 Å². The number of ether oxygens (including phenoxy) is 3. The van der Waals surface area contributed by atoms with Gasteiger partial charge in [0.05, 0.1) is 32.3 Å². The molecule has 5 nitrogen and oxygen atoms in total. The average molecular weight is 243 g/mol. The Morgan fingerprint density at radius 2 is 2.06 bits per heavy atom. The summed E-state index contributed by atoms with van der Waals surface area (Å²) in [5, 5.41) is 3.28. The molecule has 1 unspecified atom stereocenters. The molecule has 5 heteroatoms. The molecular formula is C12H21NO4. The SMILES string of the molecule is O=C(CCOC1CCNCC1)OC1CCOC1. The molecule has 0 aromatic carbocycles. The predicted octanol–water partition coefficient (Wildman–Crippen LogP) is 0.477. The highest BCUT2D eigenvalue weighted by Gasteiger charge is 2.20. The highest BCUT2D eigenvalue weighted by Crippen LogP contribution is 2.10. The molecule has 0 aromatic heterocycles. The zero-order chi connectivity index (χ0) is 11.9. The van der Waals surface area contributed by atoms with Crippen LogP contribution in [0, 0.1) is 0 Å². The van der Waals surface area contributed by atoms with Crippen molar-refractivity contribution in [2.75, 3.05) is 32.9 Å². The van der Waals surface area contributed by atoms with Crippen molar-refractivity contribution in [3.8, 4) is 0 Å². The van der Waals surface area contributed by atoms with Crippen LogP contribution in [-0.4, -0.2) is 51.1 Å². The first-order valence-electron chi connectivity index (χ1n) is 6.44. The number of piperidine rings is 1. The van der Waals surface area contributed by atoms with Crippen molar-refractivity contribution in [1.82, 2.24) is 5.32 Å². The monoisotopic (exact) mass is 243 g/mol. The normalized spacial score (nSPS) is 26.0. The van der Waals surface area contributed by atoms with Crippen molar-refractivity contribution >= 4 is 5.97 Å².